The molecule has 0 aliphatic heterocycles. The number of halogens is 1. The fourth-order valence-electron chi connectivity index (χ4n) is 2.35. The SMILES string of the molecule is Cc1ccc(NC(=O)c2cn(C)c3ccc(Cl)cc3c2=O)nc1. The zero-order chi connectivity index (χ0) is 16.6. The van der Waals surface area contributed by atoms with Gasteiger partial charge < -0.3 is 9.88 Å². The van der Waals surface area contributed by atoms with Crippen LogP contribution in [0.3, 0.4) is 0 Å². The molecular weight excluding hydrogens is 314 g/mol. The summed E-state index contributed by atoms with van der Waals surface area (Å²) in [6, 6.07) is 8.55. The van der Waals surface area contributed by atoms with E-state index < -0.39 is 5.91 Å². The summed E-state index contributed by atoms with van der Waals surface area (Å²) in [6.45, 7) is 1.90. The number of fused-ring (bicyclic) bond motifs is 1. The Bertz CT molecular complexity index is 962. The zero-order valence-corrected chi connectivity index (χ0v) is 13.4. The highest BCUT2D eigenvalue weighted by Crippen LogP contribution is 2.17. The molecule has 0 saturated carbocycles. The topological polar surface area (TPSA) is 64.0 Å². The normalized spacial score (nSPS) is 10.7. The Balaban J connectivity index is 2.05. The highest BCUT2D eigenvalue weighted by atomic mass is 35.5. The van der Waals surface area contributed by atoms with E-state index in [0.717, 1.165) is 5.56 Å². The van der Waals surface area contributed by atoms with Crippen LogP contribution in [0, 0.1) is 6.92 Å². The van der Waals surface area contributed by atoms with Gasteiger partial charge in [0.2, 0.25) is 5.43 Å². The number of nitrogens with zero attached hydrogens (tertiary/aromatic N) is 2. The lowest BCUT2D eigenvalue weighted by molar-refractivity contribution is 0.102. The summed E-state index contributed by atoms with van der Waals surface area (Å²) in [5.74, 6) is -0.0994. The van der Waals surface area contributed by atoms with E-state index in [-0.39, 0.29) is 11.0 Å². The smallest absolute Gasteiger partial charge is 0.262 e. The minimum absolute atomic E-state index is 0.0460. The van der Waals surface area contributed by atoms with E-state index in [2.05, 4.69) is 10.3 Å². The van der Waals surface area contributed by atoms with E-state index in [0.29, 0.717) is 21.7 Å². The number of hydrogen-bond donors (Lipinski definition) is 1. The third-order valence-electron chi connectivity index (χ3n) is 3.55. The van der Waals surface area contributed by atoms with Gasteiger partial charge in [-0.25, -0.2) is 4.98 Å². The van der Waals surface area contributed by atoms with E-state index >= 15 is 0 Å². The van der Waals surface area contributed by atoms with Gasteiger partial charge in [-0.1, -0.05) is 17.7 Å². The maximum atomic E-state index is 12.6. The van der Waals surface area contributed by atoms with Gasteiger partial charge >= 0.3 is 0 Å². The van der Waals surface area contributed by atoms with Gasteiger partial charge in [-0.2, -0.15) is 0 Å². The molecule has 2 aromatic heterocycles. The van der Waals surface area contributed by atoms with Crippen LogP contribution in [0.2, 0.25) is 5.02 Å². The average Bonchev–Trinajstić information content (AvgIpc) is 2.53. The van der Waals surface area contributed by atoms with Crippen molar-refractivity contribution < 1.29 is 4.79 Å². The minimum Gasteiger partial charge on any atom is -0.350 e. The number of anilines is 1. The van der Waals surface area contributed by atoms with Crippen molar-refractivity contribution in [2.45, 2.75) is 6.92 Å². The molecule has 0 aliphatic carbocycles. The highest BCUT2D eigenvalue weighted by molar-refractivity contribution is 6.31. The third-order valence-corrected chi connectivity index (χ3v) is 3.78. The molecule has 0 fully saturated rings. The van der Waals surface area contributed by atoms with Crippen LogP contribution in [-0.4, -0.2) is 15.5 Å². The summed E-state index contributed by atoms with van der Waals surface area (Å²) in [5, 5.41) is 3.49. The van der Waals surface area contributed by atoms with Gasteiger partial charge in [0.1, 0.15) is 11.4 Å². The van der Waals surface area contributed by atoms with Crippen LogP contribution in [0.5, 0.6) is 0 Å². The number of carbonyl (C=O) groups excluding carboxylic acids is 1. The van der Waals surface area contributed by atoms with E-state index in [9.17, 15) is 9.59 Å². The average molecular weight is 328 g/mol. The van der Waals surface area contributed by atoms with Crippen molar-refractivity contribution in [3.8, 4) is 0 Å². The molecule has 3 rings (SSSR count). The molecule has 6 heteroatoms. The van der Waals surface area contributed by atoms with Gasteiger partial charge in [-0.15, -0.1) is 0 Å². The summed E-state index contributed by atoms with van der Waals surface area (Å²) >= 11 is 5.96. The number of benzene rings is 1. The van der Waals surface area contributed by atoms with Gasteiger partial charge in [-0.3, -0.25) is 9.59 Å². The molecule has 0 radical (unpaired) electrons. The third kappa shape index (κ3) is 2.96. The van der Waals surface area contributed by atoms with Crippen molar-refractivity contribution in [1.82, 2.24) is 9.55 Å². The standard InChI is InChI=1S/C17H14ClN3O2/c1-10-3-6-15(19-8-10)20-17(23)13-9-21(2)14-5-4-11(18)7-12(14)16(13)22/h3-9H,1-2H3,(H,19,20,23). The number of aromatic nitrogens is 2. The maximum Gasteiger partial charge on any atom is 0.262 e. The van der Waals surface area contributed by atoms with Crippen LogP contribution < -0.4 is 10.7 Å². The van der Waals surface area contributed by atoms with Crippen molar-refractivity contribution >= 4 is 34.2 Å². The number of aryl methyl sites for hydroxylation is 2. The van der Waals surface area contributed by atoms with Gasteiger partial charge in [-0.05, 0) is 36.8 Å². The second kappa shape index (κ2) is 5.85. The Kier molecular flexibility index (Phi) is 3.88. The fourth-order valence-corrected chi connectivity index (χ4v) is 2.52. The summed E-state index contributed by atoms with van der Waals surface area (Å²) in [6.07, 6.45) is 3.16. The molecule has 0 saturated heterocycles. The molecule has 116 valence electrons. The lowest BCUT2D eigenvalue weighted by atomic mass is 10.1. The number of pyridine rings is 2. The Morgan fingerprint density at radius 2 is 2.04 bits per heavy atom. The van der Waals surface area contributed by atoms with Gasteiger partial charge in [0.05, 0.1) is 5.52 Å². The monoisotopic (exact) mass is 327 g/mol. The zero-order valence-electron chi connectivity index (χ0n) is 12.6. The lowest BCUT2D eigenvalue weighted by Crippen LogP contribution is -2.23. The van der Waals surface area contributed by atoms with Gasteiger partial charge in [0.15, 0.2) is 0 Å². The number of rotatable bonds is 2. The number of hydrogen-bond acceptors (Lipinski definition) is 3. The largest absolute Gasteiger partial charge is 0.350 e. The van der Waals surface area contributed by atoms with Crippen molar-refractivity contribution in [2.24, 2.45) is 7.05 Å². The second-order valence-electron chi connectivity index (χ2n) is 5.32. The predicted molar refractivity (Wildman–Crippen MR) is 91.1 cm³/mol. The Morgan fingerprint density at radius 3 is 2.74 bits per heavy atom. The Hall–Kier alpha value is -2.66. The lowest BCUT2D eigenvalue weighted by Gasteiger charge is -2.09. The van der Waals surface area contributed by atoms with Crippen molar-refractivity contribution in [3.05, 3.63) is 69.1 Å². The maximum absolute atomic E-state index is 12.6. The van der Waals surface area contributed by atoms with Crippen molar-refractivity contribution in [3.63, 3.8) is 0 Å². The number of amides is 1. The highest BCUT2D eigenvalue weighted by Gasteiger charge is 2.15. The van der Waals surface area contributed by atoms with Crippen LogP contribution >= 0.6 is 11.6 Å². The van der Waals surface area contributed by atoms with Crippen LogP contribution in [0.4, 0.5) is 5.82 Å². The van der Waals surface area contributed by atoms with E-state index in [1.54, 1.807) is 42.1 Å². The van der Waals surface area contributed by atoms with Crippen molar-refractivity contribution in [2.75, 3.05) is 5.32 Å². The van der Waals surface area contributed by atoms with Crippen LogP contribution in [0.1, 0.15) is 15.9 Å². The molecule has 23 heavy (non-hydrogen) atoms. The molecule has 0 bridgehead atoms. The molecular formula is C17H14ClN3O2. The summed E-state index contributed by atoms with van der Waals surface area (Å²) < 4.78 is 1.73. The predicted octanol–water partition coefficient (Wildman–Crippen LogP) is 3.15. The Morgan fingerprint density at radius 1 is 1.26 bits per heavy atom. The molecule has 0 unspecified atom stereocenters. The van der Waals surface area contributed by atoms with E-state index in [1.165, 1.54) is 6.20 Å². The Labute approximate surface area is 137 Å². The second-order valence-corrected chi connectivity index (χ2v) is 5.76. The summed E-state index contributed by atoms with van der Waals surface area (Å²) in [7, 11) is 1.77. The van der Waals surface area contributed by atoms with E-state index in [4.69, 9.17) is 11.6 Å². The summed E-state index contributed by atoms with van der Waals surface area (Å²) in [5.41, 5.74) is 1.39. The number of nitrogens with one attached hydrogen (secondary N) is 1. The molecule has 0 atom stereocenters. The first-order valence-electron chi connectivity index (χ1n) is 6.98. The van der Waals surface area contributed by atoms with Gasteiger partial charge in [0.25, 0.3) is 5.91 Å². The molecule has 3 aromatic rings. The first kappa shape index (κ1) is 15.2. The summed E-state index contributed by atoms with van der Waals surface area (Å²) in [4.78, 5) is 29.1. The first-order chi connectivity index (χ1) is 11.0. The number of carbonyl (C=O) groups is 1. The molecule has 1 amide bonds. The minimum atomic E-state index is -0.496. The van der Waals surface area contributed by atoms with Crippen LogP contribution in [0.25, 0.3) is 10.9 Å². The van der Waals surface area contributed by atoms with E-state index in [1.807, 2.05) is 13.0 Å². The van der Waals surface area contributed by atoms with Crippen molar-refractivity contribution in [1.29, 1.82) is 0 Å². The molecule has 1 aromatic carbocycles. The van der Waals surface area contributed by atoms with Crippen LogP contribution in [0.15, 0.2) is 47.5 Å². The molecule has 1 N–H and O–H groups in total. The molecule has 0 aliphatic rings. The quantitative estimate of drug-likeness (QED) is 0.786. The molecule has 2 heterocycles. The van der Waals surface area contributed by atoms with Crippen LogP contribution in [-0.2, 0) is 7.05 Å². The molecule has 0 spiro atoms. The first-order valence-corrected chi connectivity index (χ1v) is 7.36. The fraction of sp³-hybridized carbons (Fsp3) is 0.118. The molecule has 5 nitrogen and oxygen atoms in total. The van der Waals surface area contributed by atoms with Gasteiger partial charge in [0, 0.05) is 29.9 Å².